The number of hydrogen-bond acceptors (Lipinski definition) is 4. The first-order valence-corrected chi connectivity index (χ1v) is 9.25. The van der Waals surface area contributed by atoms with Crippen LogP contribution in [0.4, 0.5) is 0 Å². The second kappa shape index (κ2) is 7.05. The number of nitrogens with zero attached hydrogens (tertiary/aromatic N) is 3. The highest BCUT2D eigenvalue weighted by Gasteiger charge is 2.27. The predicted molar refractivity (Wildman–Crippen MR) is 99.9 cm³/mol. The Morgan fingerprint density at radius 3 is 2.67 bits per heavy atom. The number of aromatic nitrogens is 3. The summed E-state index contributed by atoms with van der Waals surface area (Å²) in [6.07, 6.45) is 2.80. The third kappa shape index (κ3) is 3.24. The van der Waals surface area contributed by atoms with Crippen molar-refractivity contribution in [3.63, 3.8) is 0 Å². The average Bonchev–Trinajstić information content (AvgIpc) is 3.23. The van der Waals surface area contributed by atoms with Crippen molar-refractivity contribution in [1.82, 2.24) is 20.1 Å². The van der Waals surface area contributed by atoms with Gasteiger partial charge in [-0.25, -0.2) is 9.67 Å². The van der Waals surface area contributed by atoms with Crippen molar-refractivity contribution in [2.75, 3.05) is 0 Å². The molecule has 24 heavy (non-hydrogen) atoms. The molecule has 0 bridgehead atoms. The number of para-hydroxylation sites is 1. The molecule has 0 aliphatic carbocycles. The van der Waals surface area contributed by atoms with Gasteiger partial charge in [0.25, 0.3) is 0 Å². The second-order valence-electron chi connectivity index (χ2n) is 5.98. The second-order valence-corrected chi connectivity index (χ2v) is 7.23. The summed E-state index contributed by atoms with van der Waals surface area (Å²) in [4.78, 5) is 4.47. The van der Waals surface area contributed by atoms with E-state index in [0.29, 0.717) is 11.7 Å². The molecular formula is C18H21ClN4S. The van der Waals surface area contributed by atoms with Gasteiger partial charge in [0.15, 0.2) is 0 Å². The molecule has 3 aromatic rings. The lowest BCUT2D eigenvalue weighted by atomic mass is 9.99. The highest BCUT2D eigenvalue weighted by atomic mass is 35.5. The monoisotopic (exact) mass is 360 g/mol. The van der Waals surface area contributed by atoms with Crippen molar-refractivity contribution in [2.45, 2.75) is 39.3 Å². The Kier molecular flexibility index (Phi) is 5.04. The first-order valence-electron chi connectivity index (χ1n) is 7.99. The van der Waals surface area contributed by atoms with Crippen LogP contribution in [-0.2, 0) is 12.1 Å². The van der Waals surface area contributed by atoms with Crippen LogP contribution in [0.5, 0.6) is 0 Å². The summed E-state index contributed by atoms with van der Waals surface area (Å²) in [5.41, 5.74) is 2.76. The van der Waals surface area contributed by atoms with Gasteiger partial charge in [-0.2, -0.15) is 5.10 Å². The Hall–Kier alpha value is -1.69. The zero-order chi connectivity index (χ0) is 17.2. The van der Waals surface area contributed by atoms with E-state index in [4.69, 9.17) is 11.6 Å². The van der Waals surface area contributed by atoms with E-state index in [0.717, 1.165) is 28.4 Å². The molecule has 2 heterocycles. The van der Waals surface area contributed by atoms with Crippen LogP contribution in [0.25, 0.3) is 5.69 Å². The van der Waals surface area contributed by atoms with Gasteiger partial charge < -0.3 is 5.32 Å². The van der Waals surface area contributed by atoms with Crippen molar-refractivity contribution in [3.05, 3.63) is 63.3 Å². The van der Waals surface area contributed by atoms with Crippen LogP contribution >= 0.6 is 22.9 Å². The average molecular weight is 361 g/mol. The zero-order valence-corrected chi connectivity index (χ0v) is 15.7. The van der Waals surface area contributed by atoms with E-state index in [2.05, 4.69) is 29.2 Å². The molecule has 0 aliphatic heterocycles. The Morgan fingerprint density at radius 1 is 1.29 bits per heavy atom. The summed E-state index contributed by atoms with van der Waals surface area (Å²) in [6, 6.07) is 9.95. The molecule has 0 saturated heterocycles. The summed E-state index contributed by atoms with van der Waals surface area (Å²) in [7, 11) is 0. The molecule has 6 heteroatoms. The highest BCUT2D eigenvalue weighted by molar-refractivity contribution is 7.09. The van der Waals surface area contributed by atoms with E-state index in [1.54, 1.807) is 16.0 Å². The number of nitrogens with one attached hydrogen (secondary N) is 1. The minimum atomic E-state index is -0.168. The zero-order valence-electron chi connectivity index (χ0n) is 14.1. The van der Waals surface area contributed by atoms with Gasteiger partial charge in [-0.3, -0.25) is 0 Å². The van der Waals surface area contributed by atoms with E-state index < -0.39 is 0 Å². The van der Waals surface area contributed by atoms with Gasteiger partial charge in [-0.05, 0) is 32.4 Å². The minimum absolute atomic E-state index is 0.168. The van der Waals surface area contributed by atoms with Gasteiger partial charge >= 0.3 is 0 Å². The summed E-state index contributed by atoms with van der Waals surface area (Å²) < 4.78 is 1.79. The Balaban J connectivity index is 1.85. The lowest BCUT2D eigenvalue weighted by Gasteiger charge is -2.27. The van der Waals surface area contributed by atoms with Gasteiger partial charge in [-0.15, -0.1) is 11.3 Å². The maximum absolute atomic E-state index is 6.61. The van der Waals surface area contributed by atoms with Crippen LogP contribution < -0.4 is 5.32 Å². The molecule has 0 saturated carbocycles. The fourth-order valence-electron chi connectivity index (χ4n) is 2.60. The Labute approximate surface area is 151 Å². The third-order valence-corrected chi connectivity index (χ3v) is 5.81. The molecule has 4 nitrogen and oxygen atoms in total. The van der Waals surface area contributed by atoms with Gasteiger partial charge in [0.2, 0.25) is 0 Å². The van der Waals surface area contributed by atoms with E-state index in [-0.39, 0.29) is 5.54 Å². The molecule has 1 N–H and O–H groups in total. The Bertz CT molecular complexity index is 798. The molecular weight excluding hydrogens is 340 g/mol. The summed E-state index contributed by atoms with van der Waals surface area (Å²) in [5.74, 6) is 0. The summed E-state index contributed by atoms with van der Waals surface area (Å²) in [6.45, 7) is 6.99. The maximum atomic E-state index is 6.61. The molecule has 2 aromatic heterocycles. The quantitative estimate of drug-likeness (QED) is 0.692. The van der Waals surface area contributed by atoms with E-state index in [1.165, 1.54) is 0 Å². The lowest BCUT2D eigenvalue weighted by molar-refractivity contribution is 0.349. The first-order chi connectivity index (χ1) is 11.5. The molecule has 0 fully saturated rings. The fraction of sp³-hybridized carbons (Fsp3) is 0.333. The lowest BCUT2D eigenvalue weighted by Crippen LogP contribution is -2.38. The van der Waals surface area contributed by atoms with Crippen LogP contribution in [0.3, 0.4) is 0 Å². The van der Waals surface area contributed by atoms with Crippen molar-refractivity contribution in [1.29, 1.82) is 0 Å². The molecule has 0 amide bonds. The standard InChI is InChI=1S/C18H21ClN4S/c1-4-18(3,17-20-10-11-24-17)21-12-15-13(2)22-23(16(15)19)14-8-6-5-7-9-14/h5-11,21H,4,12H2,1-3H3/t18-/m1/s1. The molecule has 0 spiro atoms. The normalized spacial score (nSPS) is 13.8. The van der Waals surface area contributed by atoms with Crippen molar-refractivity contribution in [3.8, 4) is 5.69 Å². The van der Waals surface area contributed by atoms with Crippen LogP contribution in [0.1, 0.15) is 36.5 Å². The Morgan fingerprint density at radius 2 is 2.04 bits per heavy atom. The van der Waals surface area contributed by atoms with E-state index >= 15 is 0 Å². The highest BCUT2D eigenvalue weighted by Crippen LogP contribution is 2.29. The number of benzene rings is 1. The SMILES string of the molecule is CC[C@@](C)(NCc1c(C)nn(-c2ccccc2)c1Cl)c1nccs1. The van der Waals surface area contributed by atoms with Crippen LogP contribution in [0.15, 0.2) is 41.9 Å². The summed E-state index contributed by atoms with van der Waals surface area (Å²) in [5, 5.41) is 12.0. The number of hydrogen-bond donors (Lipinski definition) is 1. The molecule has 0 unspecified atom stereocenters. The third-order valence-electron chi connectivity index (χ3n) is 4.39. The molecule has 1 aromatic carbocycles. The number of aryl methyl sites for hydroxylation is 1. The van der Waals surface area contributed by atoms with Crippen LogP contribution in [0, 0.1) is 6.92 Å². The van der Waals surface area contributed by atoms with Crippen LogP contribution in [0.2, 0.25) is 5.15 Å². The largest absolute Gasteiger partial charge is 0.301 e. The number of halogens is 1. The summed E-state index contributed by atoms with van der Waals surface area (Å²) >= 11 is 8.28. The van der Waals surface area contributed by atoms with Gasteiger partial charge in [0.1, 0.15) is 10.2 Å². The molecule has 0 radical (unpaired) electrons. The van der Waals surface area contributed by atoms with Gasteiger partial charge in [0, 0.05) is 23.7 Å². The topological polar surface area (TPSA) is 42.7 Å². The first kappa shape index (κ1) is 17.1. The molecule has 126 valence electrons. The molecule has 3 rings (SSSR count). The van der Waals surface area contributed by atoms with E-state index in [9.17, 15) is 0 Å². The number of thiazole rings is 1. The fourth-order valence-corrected chi connectivity index (χ4v) is 3.79. The smallest absolute Gasteiger partial charge is 0.137 e. The van der Waals surface area contributed by atoms with Crippen molar-refractivity contribution >= 4 is 22.9 Å². The maximum Gasteiger partial charge on any atom is 0.137 e. The predicted octanol–water partition coefficient (Wildman–Crippen LogP) is 4.71. The number of rotatable bonds is 6. The molecule has 1 atom stereocenters. The van der Waals surface area contributed by atoms with Gasteiger partial charge in [-0.1, -0.05) is 36.7 Å². The van der Waals surface area contributed by atoms with Gasteiger partial charge in [0.05, 0.1) is 16.9 Å². The minimum Gasteiger partial charge on any atom is -0.301 e. The van der Waals surface area contributed by atoms with Crippen molar-refractivity contribution in [2.24, 2.45) is 0 Å². The van der Waals surface area contributed by atoms with Crippen LogP contribution in [-0.4, -0.2) is 14.8 Å². The van der Waals surface area contributed by atoms with Crippen molar-refractivity contribution < 1.29 is 0 Å². The molecule has 0 aliphatic rings. The van der Waals surface area contributed by atoms with E-state index in [1.807, 2.05) is 48.8 Å².